The fourth-order valence-electron chi connectivity index (χ4n) is 5.11. The van der Waals surface area contributed by atoms with Crippen molar-refractivity contribution in [2.45, 2.75) is 32.8 Å². The summed E-state index contributed by atoms with van der Waals surface area (Å²) in [4.78, 5) is 57.9. The molecule has 0 spiro atoms. The van der Waals surface area contributed by atoms with E-state index in [2.05, 4.69) is 5.32 Å². The number of fused-ring (bicyclic) bond motifs is 3. The molecular weight excluding hydrogens is 604 g/mol. The SMILES string of the molecule is CNC(=O)c1ccc2c(c1)OCCc1cc(C(=O)N(C)c3cc(C(=O)N4CCN(C(=O)OC(C)(C)C)CC4)ccc3Cl)sc1-2. The smallest absolute Gasteiger partial charge is 0.410 e. The van der Waals surface area contributed by atoms with Gasteiger partial charge in [-0.2, -0.15) is 0 Å². The van der Waals surface area contributed by atoms with Gasteiger partial charge in [0.25, 0.3) is 17.7 Å². The van der Waals surface area contributed by atoms with Gasteiger partial charge in [-0.25, -0.2) is 4.79 Å². The first-order chi connectivity index (χ1) is 20.9. The van der Waals surface area contributed by atoms with E-state index in [0.717, 1.165) is 16.0 Å². The van der Waals surface area contributed by atoms with Crippen molar-refractivity contribution >= 4 is 52.4 Å². The Hall–Kier alpha value is -4.09. The molecule has 12 heteroatoms. The number of carbonyl (C=O) groups excluding carboxylic acids is 4. The number of halogens is 1. The van der Waals surface area contributed by atoms with Crippen LogP contribution in [0.1, 0.15) is 56.7 Å². The number of thiophene rings is 1. The molecule has 2 aromatic carbocycles. The second-order valence-corrected chi connectivity index (χ2v) is 13.1. The molecule has 1 fully saturated rings. The molecule has 0 atom stereocenters. The molecule has 5 rings (SSSR count). The molecule has 4 amide bonds. The monoisotopic (exact) mass is 638 g/mol. The molecule has 1 aromatic heterocycles. The number of amides is 4. The quantitative estimate of drug-likeness (QED) is 0.414. The van der Waals surface area contributed by atoms with E-state index in [4.69, 9.17) is 21.1 Å². The topological polar surface area (TPSA) is 108 Å². The summed E-state index contributed by atoms with van der Waals surface area (Å²) >= 11 is 7.89. The van der Waals surface area contributed by atoms with Gasteiger partial charge in [-0.3, -0.25) is 14.4 Å². The van der Waals surface area contributed by atoms with Gasteiger partial charge in [0.2, 0.25) is 0 Å². The van der Waals surface area contributed by atoms with Crippen LogP contribution in [0.4, 0.5) is 10.5 Å². The van der Waals surface area contributed by atoms with Gasteiger partial charge in [0, 0.05) is 68.3 Å². The Labute approximate surface area is 265 Å². The van der Waals surface area contributed by atoms with E-state index in [0.29, 0.717) is 71.7 Å². The van der Waals surface area contributed by atoms with Crippen LogP contribution in [0, 0.1) is 0 Å². The molecule has 232 valence electrons. The summed E-state index contributed by atoms with van der Waals surface area (Å²) in [6, 6.07) is 12.1. The van der Waals surface area contributed by atoms with Gasteiger partial charge in [-0.1, -0.05) is 11.6 Å². The summed E-state index contributed by atoms with van der Waals surface area (Å²) in [5.74, 6) is -0.0707. The Morgan fingerprint density at radius 3 is 2.34 bits per heavy atom. The van der Waals surface area contributed by atoms with Crippen LogP contribution < -0.4 is 15.0 Å². The third-order valence-corrected chi connectivity index (χ3v) is 8.96. The number of benzene rings is 2. The summed E-state index contributed by atoms with van der Waals surface area (Å²) < 4.78 is 11.4. The van der Waals surface area contributed by atoms with Crippen LogP contribution >= 0.6 is 22.9 Å². The van der Waals surface area contributed by atoms with E-state index in [1.54, 1.807) is 54.2 Å². The number of hydrogen-bond acceptors (Lipinski definition) is 7. The van der Waals surface area contributed by atoms with Gasteiger partial charge >= 0.3 is 6.09 Å². The number of ether oxygens (including phenoxy) is 2. The molecule has 0 unspecified atom stereocenters. The number of anilines is 1. The van der Waals surface area contributed by atoms with Crippen molar-refractivity contribution in [3.63, 3.8) is 0 Å². The summed E-state index contributed by atoms with van der Waals surface area (Å²) in [5.41, 5.74) is 2.53. The molecule has 10 nitrogen and oxygen atoms in total. The van der Waals surface area contributed by atoms with Crippen molar-refractivity contribution in [2.24, 2.45) is 0 Å². The molecule has 0 aliphatic carbocycles. The molecule has 1 N–H and O–H groups in total. The van der Waals surface area contributed by atoms with Gasteiger partial charge in [0.1, 0.15) is 11.4 Å². The van der Waals surface area contributed by atoms with Crippen LogP contribution in [0.5, 0.6) is 5.75 Å². The lowest BCUT2D eigenvalue weighted by Crippen LogP contribution is -2.51. The average molecular weight is 639 g/mol. The number of hydrogen-bond donors (Lipinski definition) is 1. The lowest BCUT2D eigenvalue weighted by Gasteiger charge is -2.35. The minimum Gasteiger partial charge on any atom is -0.493 e. The van der Waals surface area contributed by atoms with Crippen LogP contribution in [0.15, 0.2) is 42.5 Å². The number of rotatable bonds is 4. The third kappa shape index (κ3) is 6.53. The second-order valence-electron chi connectivity index (χ2n) is 11.6. The Bertz CT molecular complexity index is 1620. The molecule has 0 radical (unpaired) electrons. The number of piperazine rings is 1. The molecule has 0 bridgehead atoms. The van der Waals surface area contributed by atoms with E-state index < -0.39 is 11.7 Å². The van der Waals surface area contributed by atoms with Crippen LogP contribution in [0.3, 0.4) is 0 Å². The molecule has 0 saturated carbocycles. The fourth-order valence-corrected chi connectivity index (χ4v) is 6.57. The third-order valence-electron chi connectivity index (χ3n) is 7.44. The highest BCUT2D eigenvalue weighted by atomic mass is 35.5. The Morgan fingerprint density at radius 2 is 1.66 bits per heavy atom. The van der Waals surface area contributed by atoms with Gasteiger partial charge < -0.3 is 29.5 Å². The van der Waals surface area contributed by atoms with E-state index in [1.165, 1.54) is 16.2 Å². The van der Waals surface area contributed by atoms with Crippen molar-refractivity contribution < 1.29 is 28.7 Å². The largest absolute Gasteiger partial charge is 0.493 e. The zero-order valence-corrected chi connectivity index (χ0v) is 26.9. The van der Waals surface area contributed by atoms with E-state index in [-0.39, 0.29) is 17.7 Å². The van der Waals surface area contributed by atoms with Crippen molar-refractivity contribution in [1.29, 1.82) is 0 Å². The van der Waals surface area contributed by atoms with Gasteiger partial charge in [-0.15, -0.1) is 11.3 Å². The van der Waals surface area contributed by atoms with Crippen LogP contribution in [-0.2, 0) is 11.2 Å². The van der Waals surface area contributed by atoms with E-state index in [1.807, 2.05) is 32.9 Å². The highest BCUT2D eigenvalue weighted by molar-refractivity contribution is 7.17. The summed E-state index contributed by atoms with van der Waals surface area (Å²) in [6.45, 7) is 7.32. The summed E-state index contributed by atoms with van der Waals surface area (Å²) in [6.07, 6.45) is 0.215. The van der Waals surface area contributed by atoms with Crippen LogP contribution in [0.2, 0.25) is 5.02 Å². The maximum absolute atomic E-state index is 13.7. The Balaban J connectivity index is 1.32. The average Bonchev–Trinajstić information content (AvgIpc) is 3.35. The van der Waals surface area contributed by atoms with Crippen LogP contribution in [-0.4, -0.2) is 86.1 Å². The molecule has 44 heavy (non-hydrogen) atoms. The van der Waals surface area contributed by atoms with Crippen molar-refractivity contribution in [1.82, 2.24) is 15.1 Å². The standard InChI is InChI=1S/C32H35ClN4O6S/c1-32(2,3)43-31(41)37-13-11-36(12-14-37)29(39)21-7-9-23(33)24(16-21)35(5)30(40)26-18-19-10-15-42-25-17-20(28(38)34-4)6-8-22(25)27(19)44-26/h6-9,16-18H,10-15H2,1-5H3,(H,34,38). The van der Waals surface area contributed by atoms with Crippen molar-refractivity contribution in [2.75, 3.05) is 51.8 Å². The van der Waals surface area contributed by atoms with Gasteiger partial charge in [0.15, 0.2) is 0 Å². The Morgan fingerprint density at radius 1 is 0.977 bits per heavy atom. The normalized spacial score (nSPS) is 14.5. The molecule has 3 aromatic rings. The number of nitrogens with one attached hydrogen (secondary N) is 1. The van der Waals surface area contributed by atoms with E-state index in [9.17, 15) is 19.2 Å². The lowest BCUT2D eigenvalue weighted by molar-refractivity contribution is 0.0141. The van der Waals surface area contributed by atoms with Gasteiger partial charge in [-0.05, 0) is 68.8 Å². The van der Waals surface area contributed by atoms with E-state index >= 15 is 0 Å². The second kappa shape index (κ2) is 12.5. The molecule has 2 aliphatic rings. The fraction of sp³-hybridized carbons (Fsp3) is 0.375. The zero-order chi connectivity index (χ0) is 31.8. The first kappa shape index (κ1) is 31.3. The molecule has 2 aliphatic heterocycles. The van der Waals surface area contributed by atoms with Gasteiger partial charge in [0.05, 0.1) is 22.2 Å². The minimum absolute atomic E-state index is 0.204. The number of carbonyl (C=O) groups is 4. The van der Waals surface area contributed by atoms with Crippen LogP contribution in [0.25, 0.3) is 10.4 Å². The maximum atomic E-state index is 13.7. The first-order valence-corrected chi connectivity index (χ1v) is 15.5. The predicted octanol–water partition coefficient (Wildman–Crippen LogP) is 5.33. The highest BCUT2D eigenvalue weighted by Crippen LogP contribution is 2.42. The first-order valence-electron chi connectivity index (χ1n) is 14.3. The number of nitrogens with zero attached hydrogens (tertiary/aromatic N) is 3. The minimum atomic E-state index is -0.592. The van der Waals surface area contributed by atoms with Crippen molar-refractivity contribution in [3.05, 3.63) is 69.1 Å². The molecule has 1 saturated heterocycles. The molecular formula is C32H35ClN4O6S. The summed E-state index contributed by atoms with van der Waals surface area (Å²) in [5, 5.41) is 2.96. The molecule has 3 heterocycles. The Kier molecular flexibility index (Phi) is 8.90. The maximum Gasteiger partial charge on any atom is 0.410 e. The summed E-state index contributed by atoms with van der Waals surface area (Å²) in [7, 11) is 3.21. The zero-order valence-electron chi connectivity index (χ0n) is 25.4. The lowest BCUT2D eigenvalue weighted by atomic mass is 10.0. The van der Waals surface area contributed by atoms with Crippen molar-refractivity contribution in [3.8, 4) is 16.2 Å². The predicted molar refractivity (Wildman–Crippen MR) is 170 cm³/mol. The highest BCUT2D eigenvalue weighted by Gasteiger charge is 2.29.